The van der Waals surface area contributed by atoms with Gasteiger partial charge in [0.25, 0.3) is 0 Å². The molecule has 0 aliphatic rings. The van der Waals surface area contributed by atoms with E-state index in [0.29, 0.717) is 5.69 Å². The Hall–Kier alpha value is -4.88. The fraction of sp³-hybridized carbons (Fsp3) is 0. The van der Waals surface area contributed by atoms with Crippen LogP contribution in [-0.2, 0) is 0 Å². The second-order valence-corrected chi connectivity index (χ2v) is 8.64. The van der Waals surface area contributed by atoms with Gasteiger partial charge in [0.2, 0.25) is 5.69 Å². The van der Waals surface area contributed by atoms with Crippen LogP contribution in [-0.4, -0.2) is 9.13 Å². The molecule has 2 aromatic heterocycles. The second kappa shape index (κ2) is 7.31. The number of hydrogen-bond donors (Lipinski definition) is 0. The maximum atomic E-state index is 14.5. The summed E-state index contributed by atoms with van der Waals surface area (Å²) >= 11 is 0. The van der Waals surface area contributed by atoms with Crippen LogP contribution in [0.25, 0.3) is 59.8 Å². The Morgan fingerprint density at radius 2 is 1.14 bits per heavy atom. The Morgan fingerprint density at radius 1 is 0.543 bits per heavy atom. The first kappa shape index (κ1) is 19.6. The topological polar surface area (TPSA) is 14.2 Å². The third-order valence-corrected chi connectivity index (χ3v) is 6.80. The van der Waals surface area contributed by atoms with Crippen molar-refractivity contribution in [2.45, 2.75) is 0 Å². The van der Waals surface area contributed by atoms with Gasteiger partial charge in [0.15, 0.2) is 0 Å². The number of para-hydroxylation sites is 4. The first-order valence-electron chi connectivity index (χ1n) is 11.4. The Kier molecular flexibility index (Phi) is 4.09. The Morgan fingerprint density at radius 3 is 1.97 bits per heavy atom. The van der Waals surface area contributed by atoms with Gasteiger partial charge >= 0.3 is 0 Å². The van der Waals surface area contributed by atoms with Gasteiger partial charge in [-0.25, -0.2) is 9.24 Å². The van der Waals surface area contributed by atoms with Crippen molar-refractivity contribution >= 4 is 49.3 Å². The molecule has 5 aromatic carbocycles. The number of rotatable bonds is 2. The summed E-state index contributed by atoms with van der Waals surface area (Å²) in [4.78, 5) is 3.79. The molecule has 164 valence electrons. The van der Waals surface area contributed by atoms with Gasteiger partial charge in [0.05, 0.1) is 40.0 Å². The minimum Gasteiger partial charge on any atom is -0.319 e. The maximum absolute atomic E-state index is 14.5. The number of halogens is 1. The molecule has 0 bridgehead atoms. The van der Waals surface area contributed by atoms with Gasteiger partial charge in [0, 0.05) is 21.5 Å². The van der Waals surface area contributed by atoms with Gasteiger partial charge < -0.3 is 9.13 Å². The van der Waals surface area contributed by atoms with E-state index in [1.165, 1.54) is 6.07 Å². The molecular formula is C31H18FN3. The third kappa shape index (κ3) is 2.70. The Labute approximate surface area is 200 Å². The van der Waals surface area contributed by atoms with E-state index in [4.69, 9.17) is 6.57 Å². The van der Waals surface area contributed by atoms with Crippen LogP contribution in [0.2, 0.25) is 0 Å². The van der Waals surface area contributed by atoms with Crippen LogP contribution in [0.4, 0.5) is 10.1 Å². The van der Waals surface area contributed by atoms with Crippen molar-refractivity contribution in [2.24, 2.45) is 0 Å². The summed E-state index contributed by atoms with van der Waals surface area (Å²) in [6, 6.07) is 35.4. The molecule has 0 radical (unpaired) electrons. The minimum atomic E-state index is -0.262. The Bertz CT molecular complexity index is 1980. The molecule has 4 heteroatoms. The smallest absolute Gasteiger partial charge is 0.210 e. The van der Waals surface area contributed by atoms with Gasteiger partial charge in [0.1, 0.15) is 5.82 Å². The minimum absolute atomic E-state index is 0.262. The molecule has 0 unspecified atom stereocenters. The average molecular weight is 452 g/mol. The van der Waals surface area contributed by atoms with E-state index in [0.717, 1.165) is 55.0 Å². The lowest BCUT2D eigenvalue weighted by Gasteiger charge is -2.12. The molecule has 0 aliphatic carbocycles. The fourth-order valence-electron chi connectivity index (χ4n) is 5.40. The maximum Gasteiger partial charge on any atom is 0.210 e. The summed E-state index contributed by atoms with van der Waals surface area (Å²) in [7, 11) is 0. The van der Waals surface area contributed by atoms with E-state index in [1.54, 1.807) is 6.07 Å². The zero-order chi connectivity index (χ0) is 23.5. The molecular weight excluding hydrogens is 433 g/mol. The molecule has 0 saturated carbocycles. The molecule has 0 aliphatic heterocycles. The molecule has 7 rings (SSSR count). The van der Waals surface area contributed by atoms with Crippen LogP contribution < -0.4 is 0 Å². The van der Waals surface area contributed by atoms with E-state index < -0.39 is 0 Å². The predicted molar refractivity (Wildman–Crippen MR) is 141 cm³/mol. The van der Waals surface area contributed by atoms with Crippen LogP contribution >= 0.6 is 0 Å². The van der Waals surface area contributed by atoms with E-state index in [2.05, 4.69) is 50.4 Å². The zero-order valence-electron chi connectivity index (χ0n) is 18.6. The number of fused-ring (bicyclic) bond motifs is 6. The molecule has 0 spiro atoms. The lowest BCUT2D eigenvalue weighted by atomic mass is 10.1. The van der Waals surface area contributed by atoms with Crippen LogP contribution in [0, 0.1) is 12.4 Å². The number of nitrogens with zero attached hydrogens (tertiary/aromatic N) is 3. The number of benzene rings is 5. The van der Waals surface area contributed by atoms with Gasteiger partial charge in [-0.15, -0.1) is 0 Å². The highest BCUT2D eigenvalue weighted by Gasteiger charge is 2.20. The monoisotopic (exact) mass is 451 g/mol. The van der Waals surface area contributed by atoms with E-state index >= 15 is 0 Å². The largest absolute Gasteiger partial charge is 0.319 e. The Balaban J connectivity index is 1.70. The van der Waals surface area contributed by atoms with Crippen LogP contribution in [0.3, 0.4) is 0 Å². The molecule has 0 amide bonds. The molecule has 0 fully saturated rings. The van der Waals surface area contributed by atoms with E-state index in [-0.39, 0.29) is 5.82 Å². The van der Waals surface area contributed by atoms with Crippen LogP contribution in [0.5, 0.6) is 0 Å². The van der Waals surface area contributed by atoms with Crippen LogP contribution in [0.1, 0.15) is 0 Å². The second-order valence-electron chi connectivity index (χ2n) is 8.64. The molecule has 7 aromatic rings. The summed E-state index contributed by atoms with van der Waals surface area (Å²) in [5.41, 5.74) is 6.31. The average Bonchev–Trinajstić information content (AvgIpc) is 3.41. The summed E-state index contributed by atoms with van der Waals surface area (Å²) in [5.74, 6) is -0.262. The van der Waals surface area contributed by atoms with Gasteiger partial charge in [-0.2, -0.15) is 0 Å². The van der Waals surface area contributed by atoms with Crippen molar-refractivity contribution < 1.29 is 4.39 Å². The van der Waals surface area contributed by atoms with Crippen molar-refractivity contribution in [3.05, 3.63) is 126 Å². The molecule has 3 nitrogen and oxygen atoms in total. The summed E-state index contributed by atoms with van der Waals surface area (Å²) < 4.78 is 18.8. The number of aromatic nitrogens is 2. The quantitative estimate of drug-likeness (QED) is 0.234. The van der Waals surface area contributed by atoms with Gasteiger partial charge in [-0.3, -0.25) is 0 Å². The summed E-state index contributed by atoms with van der Waals surface area (Å²) in [6.07, 6.45) is 0. The highest BCUT2D eigenvalue weighted by Crippen LogP contribution is 2.41. The summed E-state index contributed by atoms with van der Waals surface area (Å²) in [5, 5.41) is 4.25. The van der Waals surface area contributed by atoms with E-state index in [9.17, 15) is 4.39 Å². The predicted octanol–water partition coefficient (Wildman–Crippen LogP) is 8.57. The lowest BCUT2D eigenvalue weighted by molar-refractivity contribution is 0.629. The van der Waals surface area contributed by atoms with Gasteiger partial charge in [-0.05, 0) is 48.5 Å². The summed E-state index contributed by atoms with van der Waals surface area (Å²) in [6.45, 7) is 7.73. The van der Waals surface area contributed by atoms with Crippen molar-refractivity contribution in [1.29, 1.82) is 0 Å². The van der Waals surface area contributed by atoms with Crippen molar-refractivity contribution in [3.63, 3.8) is 0 Å². The van der Waals surface area contributed by atoms with Gasteiger partial charge in [-0.1, -0.05) is 60.7 Å². The van der Waals surface area contributed by atoms with Crippen molar-refractivity contribution in [3.8, 4) is 11.4 Å². The molecule has 0 saturated heterocycles. The first-order valence-corrected chi connectivity index (χ1v) is 11.4. The molecule has 35 heavy (non-hydrogen) atoms. The number of hydrogen-bond acceptors (Lipinski definition) is 0. The van der Waals surface area contributed by atoms with E-state index in [1.807, 2.05) is 60.7 Å². The molecule has 0 atom stereocenters. The molecule has 0 N–H and O–H groups in total. The highest BCUT2D eigenvalue weighted by molar-refractivity contribution is 6.16. The lowest BCUT2D eigenvalue weighted by Crippen LogP contribution is -1.97. The molecule has 2 heterocycles. The fourth-order valence-corrected chi connectivity index (χ4v) is 5.40. The highest BCUT2D eigenvalue weighted by atomic mass is 19.1. The standard InChI is InChI=1S/C31H18FN3/c1-33-24-11-4-7-14-27(24)34-26-13-6-3-10-23(26)31-28(34)15-8-16-29(31)35-25-12-5-2-9-21(25)22-18-17-20(32)19-30(22)35/h2-19H. The van der Waals surface area contributed by atoms with Crippen LogP contribution in [0.15, 0.2) is 109 Å². The zero-order valence-corrected chi connectivity index (χ0v) is 18.6. The normalized spacial score (nSPS) is 11.5. The SMILES string of the molecule is [C-]#[N+]c1ccccc1-n1c2ccccc2c2c(-n3c4ccccc4c4ccc(F)cc43)cccc21. The third-order valence-electron chi connectivity index (χ3n) is 6.80. The van der Waals surface area contributed by atoms with Crippen molar-refractivity contribution in [1.82, 2.24) is 9.13 Å². The first-order chi connectivity index (χ1) is 17.3. The van der Waals surface area contributed by atoms with Crippen molar-refractivity contribution in [2.75, 3.05) is 0 Å².